The largest absolute Gasteiger partial charge is 0.472 e. The maximum Gasteiger partial charge on any atom is 0.291 e. The van der Waals surface area contributed by atoms with Crippen LogP contribution in [-0.2, 0) is 40.1 Å². The van der Waals surface area contributed by atoms with Crippen LogP contribution in [0.4, 0.5) is 28.4 Å². The van der Waals surface area contributed by atoms with E-state index in [1.165, 1.54) is 29.9 Å². The number of carbonyl (C=O) groups excluding carboxylic acids is 5. The first-order valence-electron chi connectivity index (χ1n) is 44.2. The van der Waals surface area contributed by atoms with E-state index in [0.29, 0.717) is 69.2 Å². The standard InChI is InChI=1S/C26H21N3O2.C22H16N4O2.C21H15N3O2S.2C20H13N3O3/c30-26(19-10-9-16-5-1-2-6-17(16)13-19)27-20-11-12-22-21(15-20)25(29-28-22)24-14-18-7-3-4-8-23(18)31-24;27-21(10-14-4-3-9-23-13-14)24-16-7-8-18-17(12-16)22(26-25-18)20-11-15-5-1-2-6-19(15)28-20;25-20(9-13-7-8-27-12-13)22-15-5-6-17-16(11-15)21(24-23-17)19-10-14-3-1-2-4-18(14)26-19;24-20(17-6-3-9-25-17)21-13-7-8-15-14(11-13)19(23-22-15)18-10-12-4-1-2-5-16(12)26-18;24-20(13-7-8-25-11-13)21-14-5-6-16-15(10-14)19(23-22-16)18-9-12-3-1-2-4-17(12)26-18/h1-8,11-12,14-15,19H,9-10,13H2,(H,27,30)(H,28,29);1-9,11-13H,10H2,(H,24,27)(H,25,26);1-8,10-12H,9H2,(H,22,25)(H,23,24);2*1-11H,(H,21,24)(H,22,23). The molecule has 1 unspecified atom stereocenters. The Morgan fingerprint density at radius 1 is 0.355 bits per heavy atom. The first-order chi connectivity index (χ1) is 67.8. The number of hydrogen-bond donors (Lipinski definition) is 10. The zero-order valence-electron chi connectivity index (χ0n) is 73.0. The highest BCUT2D eigenvalue weighted by atomic mass is 32.1. The molecular formula is C109H78N16O12S. The minimum atomic E-state index is -0.303. The van der Waals surface area contributed by atoms with Crippen molar-refractivity contribution >= 4 is 179 Å². The number of nitrogens with one attached hydrogen (secondary N) is 10. The number of furan rings is 7. The third-order valence-corrected chi connectivity index (χ3v) is 24.5. The number of aryl methyl sites for hydroxylation is 1. The molecule has 10 N–H and O–H groups in total. The quantitative estimate of drug-likeness (QED) is 0.0405. The first-order valence-corrected chi connectivity index (χ1v) is 45.2. The van der Waals surface area contributed by atoms with Gasteiger partial charge >= 0.3 is 0 Å². The number of para-hydroxylation sites is 5. The summed E-state index contributed by atoms with van der Waals surface area (Å²) in [6.45, 7) is 0. The summed E-state index contributed by atoms with van der Waals surface area (Å²) in [5.74, 6) is 3.10. The molecule has 1 atom stereocenters. The number of anilines is 5. The van der Waals surface area contributed by atoms with Gasteiger partial charge in [-0.2, -0.15) is 36.8 Å². The summed E-state index contributed by atoms with van der Waals surface area (Å²) in [4.78, 5) is 66.0. The van der Waals surface area contributed by atoms with Crippen LogP contribution in [0.25, 0.3) is 167 Å². The number of carbonyl (C=O) groups is 5. The lowest BCUT2D eigenvalue weighted by Gasteiger charge is -2.23. The van der Waals surface area contributed by atoms with Gasteiger partial charge in [0.15, 0.2) is 34.6 Å². The van der Waals surface area contributed by atoms with Gasteiger partial charge in [0.25, 0.3) is 11.8 Å². The number of rotatable bonds is 17. The molecule has 0 aliphatic heterocycles. The van der Waals surface area contributed by atoms with Crippen molar-refractivity contribution in [3.63, 3.8) is 0 Å². The summed E-state index contributed by atoms with van der Waals surface area (Å²) in [5, 5.41) is 65.4. The van der Waals surface area contributed by atoms with Crippen LogP contribution in [0.3, 0.4) is 0 Å². The van der Waals surface area contributed by atoms with Crippen LogP contribution in [0, 0.1) is 5.92 Å². The Bertz CT molecular complexity index is 8430. The van der Waals surface area contributed by atoms with Crippen LogP contribution in [0.2, 0.25) is 0 Å². The summed E-state index contributed by atoms with van der Waals surface area (Å²) in [6, 6.07) is 96.4. The normalized spacial score (nSPS) is 12.2. The molecule has 0 bridgehead atoms. The average Bonchev–Trinajstić information content (AvgIpc) is 1.65. The molecular weight excluding hydrogens is 1760 g/mol. The molecule has 14 aromatic heterocycles. The van der Waals surface area contributed by atoms with Gasteiger partial charge in [-0.05, 0) is 234 Å². The second kappa shape index (κ2) is 37.5. The molecule has 26 rings (SSSR count). The Hall–Kier alpha value is -18.8. The van der Waals surface area contributed by atoms with E-state index in [1.54, 1.807) is 41.9 Å². The fourth-order valence-corrected chi connectivity index (χ4v) is 17.6. The fraction of sp³-hybridized carbons (Fsp3) is 0.0550. The zero-order chi connectivity index (χ0) is 92.9. The van der Waals surface area contributed by atoms with Crippen molar-refractivity contribution in [2.45, 2.75) is 32.1 Å². The minimum Gasteiger partial charge on any atom is -0.472 e. The Balaban J connectivity index is 0.0000000997. The van der Waals surface area contributed by atoms with Crippen LogP contribution >= 0.6 is 11.3 Å². The van der Waals surface area contributed by atoms with Gasteiger partial charge in [-0.1, -0.05) is 121 Å². The second-order valence-corrected chi connectivity index (χ2v) is 33.7. The van der Waals surface area contributed by atoms with E-state index in [1.807, 2.05) is 278 Å². The summed E-state index contributed by atoms with van der Waals surface area (Å²) in [5.41, 5.74) is 20.6. The topological polar surface area (TPSA) is 394 Å². The van der Waals surface area contributed by atoms with Crippen LogP contribution in [0.5, 0.6) is 0 Å². The van der Waals surface area contributed by atoms with Gasteiger partial charge in [-0.25, -0.2) is 0 Å². The zero-order valence-corrected chi connectivity index (χ0v) is 73.8. The predicted molar refractivity (Wildman–Crippen MR) is 534 cm³/mol. The number of pyridine rings is 1. The average molecular weight is 1840 g/mol. The summed E-state index contributed by atoms with van der Waals surface area (Å²) >= 11 is 1.59. The molecule has 25 aromatic rings. The Morgan fingerprint density at radius 3 is 1.11 bits per heavy atom. The summed E-state index contributed by atoms with van der Waals surface area (Å²) in [7, 11) is 0. The van der Waals surface area contributed by atoms with Gasteiger partial charge in [-0.15, -0.1) is 0 Å². The lowest BCUT2D eigenvalue weighted by Crippen LogP contribution is -2.28. The molecule has 11 aromatic carbocycles. The van der Waals surface area contributed by atoms with Crippen molar-refractivity contribution in [2.24, 2.45) is 5.92 Å². The Morgan fingerprint density at radius 2 is 0.739 bits per heavy atom. The lowest BCUT2D eigenvalue weighted by atomic mass is 9.83. The molecule has 0 saturated carbocycles. The molecule has 1 aliphatic rings. The van der Waals surface area contributed by atoms with E-state index in [4.69, 9.17) is 30.9 Å². The molecule has 672 valence electrons. The minimum absolute atomic E-state index is 0.00945. The van der Waals surface area contributed by atoms with E-state index in [0.717, 1.165) is 168 Å². The highest BCUT2D eigenvalue weighted by molar-refractivity contribution is 7.08. The molecule has 0 saturated heterocycles. The van der Waals surface area contributed by atoms with Crippen molar-refractivity contribution < 1.29 is 54.9 Å². The molecule has 1 aliphatic carbocycles. The smallest absolute Gasteiger partial charge is 0.291 e. The Kier molecular flexibility index (Phi) is 23.0. The highest BCUT2D eigenvalue weighted by Crippen LogP contribution is 2.40. The maximum absolute atomic E-state index is 13.0. The summed E-state index contributed by atoms with van der Waals surface area (Å²) in [6.07, 6.45) is 11.0. The van der Waals surface area contributed by atoms with Crippen molar-refractivity contribution in [1.29, 1.82) is 0 Å². The van der Waals surface area contributed by atoms with Gasteiger partial charge in [0.1, 0.15) is 62.6 Å². The van der Waals surface area contributed by atoms with Crippen LogP contribution in [-0.4, -0.2) is 85.5 Å². The number of fused-ring (bicyclic) bond motifs is 11. The van der Waals surface area contributed by atoms with Crippen molar-refractivity contribution in [3.8, 4) is 57.3 Å². The molecule has 5 amide bonds. The molecule has 0 spiro atoms. The van der Waals surface area contributed by atoms with E-state index in [2.05, 4.69) is 101 Å². The fourth-order valence-electron chi connectivity index (χ4n) is 16.9. The van der Waals surface area contributed by atoms with E-state index in [9.17, 15) is 24.0 Å². The van der Waals surface area contributed by atoms with Gasteiger partial charge < -0.3 is 57.5 Å². The van der Waals surface area contributed by atoms with Crippen LogP contribution in [0.15, 0.2) is 376 Å². The predicted octanol–water partition coefficient (Wildman–Crippen LogP) is 25.1. The number of hydrogen-bond acceptors (Lipinski definition) is 19. The molecule has 0 fully saturated rings. The number of aromatic nitrogens is 11. The van der Waals surface area contributed by atoms with Gasteiger partial charge in [0.2, 0.25) is 17.7 Å². The third-order valence-electron chi connectivity index (χ3n) is 23.7. The van der Waals surface area contributed by atoms with E-state index < -0.39 is 0 Å². The monoisotopic (exact) mass is 1830 g/mol. The molecule has 29 heteroatoms. The van der Waals surface area contributed by atoms with Gasteiger partial charge in [0.05, 0.1) is 58.5 Å². The molecule has 0 radical (unpaired) electrons. The molecule has 28 nitrogen and oxygen atoms in total. The van der Waals surface area contributed by atoms with Crippen molar-refractivity contribution in [1.82, 2.24) is 56.0 Å². The van der Waals surface area contributed by atoms with Crippen molar-refractivity contribution in [2.75, 3.05) is 26.6 Å². The number of benzene rings is 11. The van der Waals surface area contributed by atoms with Crippen LogP contribution < -0.4 is 26.6 Å². The number of H-pyrrole nitrogens is 5. The lowest BCUT2D eigenvalue weighted by molar-refractivity contribution is -0.120. The molecule has 14 heterocycles. The number of aromatic amines is 5. The molecule has 138 heavy (non-hydrogen) atoms. The van der Waals surface area contributed by atoms with Gasteiger partial charge in [-0.3, -0.25) is 54.5 Å². The highest BCUT2D eigenvalue weighted by Gasteiger charge is 2.27. The van der Waals surface area contributed by atoms with E-state index >= 15 is 0 Å². The number of thiophene rings is 1. The third kappa shape index (κ3) is 18.2. The van der Waals surface area contributed by atoms with Crippen molar-refractivity contribution in [3.05, 3.63) is 379 Å². The van der Waals surface area contributed by atoms with E-state index in [-0.39, 0.29) is 47.6 Å². The SMILES string of the molecule is O=C(Cc1cccnc1)Nc1ccc2[nH]nc(-c3cc4ccccc4o3)c2c1.O=C(Cc1ccsc1)Nc1ccc2[nH]nc(-c3cc4ccccc4o3)c2c1.O=C(Nc1ccc2[nH]nc(-c3cc4ccccc4o3)c2c1)C1CCc2ccccc2C1.O=C(Nc1ccc2[nH]nc(-c3cc4ccccc4o3)c2c1)c1ccco1.O=C(Nc1ccc2[nH]nc(-c3cc4ccccc4o3)c2c1)c1ccoc1. The first kappa shape index (κ1) is 84.8. The summed E-state index contributed by atoms with van der Waals surface area (Å²) < 4.78 is 39.8. The Labute approximate surface area is 785 Å². The maximum atomic E-state index is 13.0. The number of nitrogens with zero attached hydrogens (tertiary/aromatic N) is 6. The van der Waals surface area contributed by atoms with Crippen LogP contribution in [0.1, 0.15) is 49.6 Å². The second-order valence-electron chi connectivity index (χ2n) is 32.9. The van der Waals surface area contributed by atoms with Gasteiger partial charge in [0, 0.05) is 101 Å². The number of amides is 5.